The van der Waals surface area contributed by atoms with E-state index in [2.05, 4.69) is 41.0 Å². The lowest BCUT2D eigenvalue weighted by molar-refractivity contribution is 0.0953. The Bertz CT molecular complexity index is 914. The van der Waals surface area contributed by atoms with E-state index in [1.165, 1.54) is 0 Å². The Morgan fingerprint density at radius 1 is 1.11 bits per heavy atom. The number of nitrogens with zero attached hydrogens (tertiary/aromatic N) is 3. The Hall–Kier alpha value is -2.66. The number of aryl methyl sites for hydroxylation is 2. The number of para-hydroxylation sites is 2. The number of rotatable bonds is 8. The van der Waals surface area contributed by atoms with E-state index in [1.807, 2.05) is 43.3 Å². The Balaban J connectivity index is 1.68. The van der Waals surface area contributed by atoms with Gasteiger partial charge in [0.15, 0.2) is 0 Å². The van der Waals surface area contributed by atoms with E-state index in [4.69, 9.17) is 4.98 Å². The molecular weight excluding hydrogens is 336 g/mol. The molecule has 3 rings (SSSR count). The first-order valence-corrected chi connectivity index (χ1v) is 9.49. The number of amides is 1. The summed E-state index contributed by atoms with van der Waals surface area (Å²) in [5.74, 6) is 1.00. The van der Waals surface area contributed by atoms with Crippen LogP contribution in [0.3, 0.4) is 0 Å². The van der Waals surface area contributed by atoms with Gasteiger partial charge in [0.2, 0.25) is 0 Å². The molecule has 0 fully saturated rings. The van der Waals surface area contributed by atoms with Crippen molar-refractivity contribution in [1.29, 1.82) is 0 Å². The lowest BCUT2D eigenvalue weighted by Gasteiger charge is -2.13. The van der Waals surface area contributed by atoms with Gasteiger partial charge < -0.3 is 14.8 Å². The summed E-state index contributed by atoms with van der Waals surface area (Å²) in [4.78, 5) is 19.4. The van der Waals surface area contributed by atoms with E-state index in [0.717, 1.165) is 47.5 Å². The number of carbonyl (C=O) groups is 1. The smallest absolute Gasteiger partial charge is 0.251 e. The number of fused-ring (bicyclic) bond motifs is 1. The van der Waals surface area contributed by atoms with Gasteiger partial charge in [-0.1, -0.05) is 30.3 Å². The second kappa shape index (κ2) is 8.82. The molecule has 0 aliphatic carbocycles. The van der Waals surface area contributed by atoms with E-state index in [0.29, 0.717) is 13.0 Å². The number of hydrogen-bond donors (Lipinski definition) is 1. The van der Waals surface area contributed by atoms with Gasteiger partial charge in [0.05, 0.1) is 11.0 Å². The van der Waals surface area contributed by atoms with Gasteiger partial charge in [0.25, 0.3) is 5.91 Å². The zero-order valence-corrected chi connectivity index (χ0v) is 16.4. The van der Waals surface area contributed by atoms with E-state index < -0.39 is 0 Å². The summed E-state index contributed by atoms with van der Waals surface area (Å²) in [5, 5.41) is 3.03. The average molecular weight is 364 g/mol. The molecule has 0 atom stereocenters. The molecule has 2 aromatic carbocycles. The van der Waals surface area contributed by atoms with Crippen molar-refractivity contribution < 1.29 is 4.79 Å². The number of hydrogen-bond acceptors (Lipinski definition) is 3. The summed E-state index contributed by atoms with van der Waals surface area (Å²) < 4.78 is 2.29. The standard InChI is InChI=1S/C22H28N4O/c1-17-9-4-5-10-18(17)22(27)23-14-13-21-24-19-11-6-7-12-20(19)26(21)16-8-15-25(2)3/h4-7,9-12H,8,13-16H2,1-3H3,(H,23,27). The van der Waals surface area contributed by atoms with Crippen LogP contribution < -0.4 is 5.32 Å². The third kappa shape index (κ3) is 4.74. The summed E-state index contributed by atoms with van der Waals surface area (Å²) in [6.45, 7) is 4.50. The molecular formula is C22H28N4O. The topological polar surface area (TPSA) is 50.2 Å². The van der Waals surface area contributed by atoms with Crippen LogP contribution in [0.4, 0.5) is 0 Å². The Kier molecular flexibility index (Phi) is 6.24. The maximum absolute atomic E-state index is 12.4. The molecule has 1 heterocycles. The third-order valence-electron chi connectivity index (χ3n) is 4.74. The minimum absolute atomic E-state index is 0.0247. The molecule has 5 heteroatoms. The SMILES string of the molecule is Cc1ccccc1C(=O)NCCc1nc2ccccc2n1CCCN(C)C. The molecule has 0 unspecified atom stereocenters. The van der Waals surface area contributed by atoms with E-state index >= 15 is 0 Å². The molecule has 5 nitrogen and oxygen atoms in total. The summed E-state index contributed by atoms with van der Waals surface area (Å²) in [7, 11) is 4.18. The molecule has 1 amide bonds. The maximum Gasteiger partial charge on any atom is 0.251 e. The molecule has 0 spiro atoms. The van der Waals surface area contributed by atoms with Crippen LogP contribution in [-0.2, 0) is 13.0 Å². The normalized spacial score (nSPS) is 11.3. The molecule has 0 saturated heterocycles. The van der Waals surface area contributed by atoms with E-state index in [9.17, 15) is 4.79 Å². The first-order valence-electron chi connectivity index (χ1n) is 9.49. The second-order valence-electron chi connectivity index (χ2n) is 7.15. The maximum atomic E-state index is 12.4. The van der Waals surface area contributed by atoms with Crippen molar-refractivity contribution >= 4 is 16.9 Å². The van der Waals surface area contributed by atoms with Crippen molar-refractivity contribution in [1.82, 2.24) is 19.8 Å². The molecule has 1 aromatic heterocycles. The molecule has 0 bridgehead atoms. The van der Waals surface area contributed by atoms with Crippen LogP contribution in [0.15, 0.2) is 48.5 Å². The number of carbonyl (C=O) groups excluding carboxylic acids is 1. The lowest BCUT2D eigenvalue weighted by atomic mass is 10.1. The summed E-state index contributed by atoms with van der Waals surface area (Å²) in [5.41, 5.74) is 3.90. The van der Waals surface area contributed by atoms with Crippen LogP contribution >= 0.6 is 0 Å². The van der Waals surface area contributed by atoms with Crippen molar-refractivity contribution in [2.24, 2.45) is 0 Å². The van der Waals surface area contributed by atoms with Gasteiger partial charge in [-0.05, 0) is 57.7 Å². The van der Waals surface area contributed by atoms with Crippen molar-refractivity contribution in [3.8, 4) is 0 Å². The largest absolute Gasteiger partial charge is 0.352 e. The van der Waals surface area contributed by atoms with Gasteiger partial charge in [-0.25, -0.2) is 4.98 Å². The predicted octanol–water partition coefficient (Wildman–Crippen LogP) is 3.27. The molecule has 0 radical (unpaired) electrons. The van der Waals surface area contributed by atoms with Crippen molar-refractivity contribution in [3.63, 3.8) is 0 Å². The number of aromatic nitrogens is 2. The van der Waals surface area contributed by atoms with Gasteiger partial charge in [-0.3, -0.25) is 4.79 Å². The van der Waals surface area contributed by atoms with Crippen LogP contribution in [0, 0.1) is 6.92 Å². The van der Waals surface area contributed by atoms with Crippen molar-refractivity contribution in [2.75, 3.05) is 27.2 Å². The van der Waals surface area contributed by atoms with Gasteiger partial charge in [0, 0.05) is 25.1 Å². The van der Waals surface area contributed by atoms with Crippen molar-refractivity contribution in [2.45, 2.75) is 26.3 Å². The highest BCUT2D eigenvalue weighted by Gasteiger charge is 2.12. The zero-order valence-electron chi connectivity index (χ0n) is 16.4. The highest BCUT2D eigenvalue weighted by Crippen LogP contribution is 2.17. The number of imidazole rings is 1. The van der Waals surface area contributed by atoms with Crippen LogP contribution in [0.5, 0.6) is 0 Å². The zero-order chi connectivity index (χ0) is 19.2. The van der Waals surface area contributed by atoms with Crippen LogP contribution in [0.1, 0.15) is 28.2 Å². The molecule has 27 heavy (non-hydrogen) atoms. The van der Waals surface area contributed by atoms with Gasteiger partial charge in [-0.2, -0.15) is 0 Å². The Morgan fingerprint density at radius 2 is 1.85 bits per heavy atom. The first kappa shape index (κ1) is 19.1. The molecule has 3 aromatic rings. The minimum atomic E-state index is -0.0247. The summed E-state index contributed by atoms with van der Waals surface area (Å²) in [6.07, 6.45) is 1.78. The quantitative estimate of drug-likeness (QED) is 0.667. The predicted molar refractivity (Wildman–Crippen MR) is 110 cm³/mol. The van der Waals surface area contributed by atoms with Gasteiger partial charge >= 0.3 is 0 Å². The first-order chi connectivity index (χ1) is 13.1. The summed E-state index contributed by atoms with van der Waals surface area (Å²) >= 11 is 0. The van der Waals surface area contributed by atoms with Crippen LogP contribution in [-0.4, -0.2) is 47.5 Å². The third-order valence-corrected chi connectivity index (χ3v) is 4.74. The molecule has 0 aliphatic heterocycles. The molecule has 0 saturated carbocycles. The fourth-order valence-corrected chi connectivity index (χ4v) is 3.32. The highest BCUT2D eigenvalue weighted by atomic mass is 16.1. The minimum Gasteiger partial charge on any atom is -0.352 e. The monoisotopic (exact) mass is 364 g/mol. The van der Waals surface area contributed by atoms with Crippen molar-refractivity contribution in [3.05, 3.63) is 65.5 Å². The van der Waals surface area contributed by atoms with Gasteiger partial charge in [-0.15, -0.1) is 0 Å². The highest BCUT2D eigenvalue weighted by molar-refractivity contribution is 5.95. The fraction of sp³-hybridized carbons (Fsp3) is 0.364. The Labute approximate surface area is 161 Å². The fourth-order valence-electron chi connectivity index (χ4n) is 3.32. The molecule has 1 N–H and O–H groups in total. The van der Waals surface area contributed by atoms with Crippen LogP contribution in [0.2, 0.25) is 0 Å². The Morgan fingerprint density at radius 3 is 2.63 bits per heavy atom. The van der Waals surface area contributed by atoms with E-state index in [1.54, 1.807) is 0 Å². The number of nitrogens with one attached hydrogen (secondary N) is 1. The summed E-state index contributed by atoms with van der Waals surface area (Å²) in [6, 6.07) is 15.9. The average Bonchev–Trinajstić information content (AvgIpc) is 2.99. The van der Waals surface area contributed by atoms with Crippen LogP contribution in [0.25, 0.3) is 11.0 Å². The number of benzene rings is 2. The van der Waals surface area contributed by atoms with Gasteiger partial charge in [0.1, 0.15) is 5.82 Å². The molecule has 0 aliphatic rings. The van der Waals surface area contributed by atoms with E-state index in [-0.39, 0.29) is 5.91 Å². The second-order valence-corrected chi connectivity index (χ2v) is 7.15. The molecule has 142 valence electrons. The lowest BCUT2D eigenvalue weighted by Crippen LogP contribution is -2.27.